The van der Waals surface area contributed by atoms with Gasteiger partial charge in [-0.2, -0.15) is 0 Å². The van der Waals surface area contributed by atoms with Gasteiger partial charge in [0, 0.05) is 29.3 Å². The molecule has 1 atom stereocenters. The number of aromatic hydroxyl groups is 2. The molecule has 3 aromatic carbocycles. The summed E-state index contributed by atoms with van der Waals surface area (Å²) in [6.07, 6.45) is 1.39. The van der Waals surface area contributed by atoms with Gasteiger partial charge >= 0.3 is 5.97 Å². The van der Waals surface area contributed by atoms with Crippen LogP contribution in [-0.2, 0) is 10.3 Å². The molecule has 0 bridgehead atoms. The number of anilines is 2. The molecule has 1 unspecified atom stereocenters. The molecule has 6 rings (SSSR count). The predicted molar refractivity (Wildman–Crippen MR) is 118 cm³/mol. The summed E-state index contributed by atoms with van der Waals surface area (Å²) in [5, 5.41) is 35.1. The number of carbonyl (C=O) groups is 1. The van der Waals surface area contributed by atoms with Crippen molar-refractivity contribution in [2.45, 2.75) is 5.60 Å². The standard InChI is InChI=1S/C24H16N4O6/c1-32-20-11-25-28-27-22(20)26-17-8-13(30)10-19-21(17)24(16-7-6-12(29)9-18(16)33-19)15-5-3-2-4-14(15)23(31)34-24/h2-11,29-30H,1H3,(H,25,26,27). The van der Waals surface area contributed by atoms with Gasteiger partial charge in [0.2, 0.25) is 0 Å². The molecule has 10 heteroatoms. The molecule has 0 amide bonds. The van der Waals surface area contributed by atoms with E-state index < -0.39 is 11.6 Å². The molecule has 0 saturated carbocycles. The van der Waals surface area contributed by atoms with Gasteiger partial charge in [-0.05, 0) is 23.4 Å². The molecular weight excluding hydrogens is 440 g/mol. The second kappa shape index (κ2) is 7.07. The van der Waals surface area contributed by atoms with Crippen LogP contribution in [0.5, 0.6) is 28.7 Å². The number of nitrogens with zero attached hydrogens (tertiary/aromatic N) is 3. The van der Waals surface area contributed by atoms with Crippen LogP contribution in [0.15, 0.2) is 60.8 Å². The zero-order chi connectivity index (χ0) is 23.4. The van der Waals surface area contributed by atoms with E-state index in [1.807, 2.05) is 6.07 Å². The van der Waals surface area contributed by atoms with Crippen molar-refractivity contribution >= 4 is 17.5 Å². The second-order valence-electron chi connectivity index (χ2n) is 7.74. The van der Waals surface area contributed by atoms with Gasteiger partial charge in [-0.15, -0.1) is 10.2 Å². The van der Waals surface area contributed by atoms with E-state index in [4.69, 9.17) is 14.2 Å². The van der Waals surface area contributed by atoms with Gasteiger partial charge in [0.1, 0.15) is 23.0 Å². The largest absolute Gasteiger partial charge is 0.508 e. The van der Waals surface area contributed by atoms with Crippen LogP contribution in [0, 0.1) is 0 Å². The Kier molecular flexibility index (Phi) is 4.12. The lowest BCUT2D eigenvalue weighted by Crippen LogP contribution is -2.33. The normalized spacial score (nSPS) is 17.3. The van der Waals surface area contributed by atoms with E-state index in [1.165, 1.54) is 37.6 Å². The van der Waals surface area contributed by atoms with Crippen LogP contribution in [0.3, 0.4) is 0 Å². The number of nitrogens with one attached hydrogen (secondary N) is 1. The molecule has 0 radical (unpaired) electrons. The highest BCUT2D eigenvalue weighted by Crippen LogP contribution is 2.59. The highest BCUT2D eigenvalue weighted by molar-refractivity contribution is 5.97. The number of esters is 1. The van der Waals surface area contributed by atoms with Crippen LogP contribution in [0.2, 0.25) is 0 Å². The number of aromatic nitrogens is 3. The number of rotatable bonds is 3. The van der Waals surface area contributed by atoms with Gasteiger partial charge in [-0.1, -0.05) is 18.2 Å². The van der Waals surface area contributed by atoms with Crippen molar-refractivity contribution in [1.29, 1.82) is 0 Å². The van der Waals surface area contributed by atoms with E-state index in [9.17, 15) is 15.0 Å². The smallest absolute Gasteiger partial charge is 0.340 e. The third-order valence-corrected chi connectivity index (χ3v) is 5.85. The minimum Gasteiger partial charge on any atom is -0.508 e. The quantitative estimate of drug-likeness (QED) is 0.392. The van der Waals surface area contributed by atoms with Crippen molar-refractivity contribution in [2.75, 3.05) is 12.4 Å². The molecule has 10 nitrogen and oxygen atoms in total. The van der Waals surface area contributed by atoms with E-state index in [0.717, 1.165) is 0 Å². The fourth-order valence-electron chi connectivity index (χ4n) is 4.51. The molecule has 34 heavy (non-hydrogen) atoms. The molecule has 3 N–H and O–H groups in total. The van der Waals surface area contributed by atoms with Crippen LogP contribution in [0.4, 0.5) is 11.5 Å². The number of carbonyl (C=O) groups excluding carboxylic acids is 1. The first-order chi connectivity index (χ1) is 16.5. The highest BCUT2D eigenvalue weighted by Gasteiger charge is 2.55. The number of benzene rings is 3. The summed E-state index contributed by atoms with van der Waals surface area (Å²) in [6, 6.07) is 14.5. The molecule has 0 aliphatic carbocycles. The minimum atomic E-state index is -1.42. The fraction of sp³-hybridized carbons (Fsp3) is 0.0833. The van der Waals surface area contributed by atoms with Crippen molar-refractivity contribution in [3.8, 4) is 28.7 Å². The molecule has 1 aromatic heterocycles. The summed E-state index contributed by atoms with van der Waals surface area (Å²) in [6.45, 7) is 0. The highest BCUT2D eigenvalue weighted by atomic mass is 16.6. The fourth-order valence-corrected chi connectivity index (χ4v) is 4.51. The van der Waals surface area contributed by atoms with Crippen molar-refractivity contribution in [2.24, 2.45) is 0 Å². The van der Waals surface area contributed by atoms with E-state index >= 15 is 0 Å². The summed E-state index contributed by atoms with van der Waals surface area (Å²) >= 11 is 0. The van der Waals surface area contributed by atoms with Gasteiger partial charge in [-0.3, -0.25) is 0 Å². The Morgan fingerprint density at radius 3 is 2.68 bits per heavy atom. The summed E-state index contributed by atoms with van der Waals surface area (Å²) in [7, 11) is 1.46. The van der Waals surface area contributed by atoms with Crippen LogP contribution < -0.4 is 14.8 Å². The number of hydrogen-bond donors (Lipinski definition) is 3. The van der Waals surface area contributed by atoms with Crippen LogP contribution in [0.1, 0.15) is 27.0 Å². The van der Waals surface area contributed by atoms with Crippen LogP contribution in [-0.4, -0.2) is 38.7 Å². The van der Waals surface area contributed by atoms with Gasteiger partial charge in [-0.25, -0.2) is 4.79 Å². The zero-order valence-corrected chi connectivity index (χ0v) is 17.6. The maximum absolute atomic E-state index is 13.0. The van der Waals surface area contributed by atoms with Gasteiger partial charge in [0.15, 0.2) is 17.2 Å². The average molecular weight is 456 g/mol. The van der Waals surface area contributed by atoms with Gasteiger partial charge < -0.3 is 29.7 Å². The SMILES string of the molecule is COc1cnnnc1Nc1cc(O)cc2c1C1(OC(=O)c3ccccc31)c1ccc(O)cc1O2. The minimum absolute atomic E-state index is 0.0229. The number of phenols is 2. The maximum atomic E-state index is 13.0. The van der Waals surface area contributed by atoms with E-state index in [2.05, 4.69) is 20.7 Å². The summed E-state index contributed by atoms with van der Waals surface area (Å²) in [5.74, 6) is 0.411. The lowest BCUT2D eigenvalue weighted by atomic mass is 9.77. The molecule has 0 saturated heterocycles. The predicted octanol–water partition coefficient (Wildman–Crippen LogP) is 3.60. The Bertz CT molecular complexity index is 1490. The first kappa shape index (κ1) is 19.8. The summed E-state index contributed by atoms with van der Waals surface area (Å²) in [4.78, 5) is 13.0. The Balaban J connectivity index is 1.67. The Morgan fingerprint density at radius 1 is 1.00 bits per heavy atom. The number of ether oxygens (including phenoxy) is 3. The molecule has 2 aliphatic heterocycles. The molecule has 1 spiro atoms. The van der Waals surface area contributed by atoms with Crippen molar-refractivity contribution in [3.63, 3.8) is 0 Å². The molecule has 3 heterocycles. The first-order valence-corrected chi connectivity index (χ1v) is 10.2. The van der Waals surface area contributed by atoms with Crippen molar-refractivity contribution < 1.29 is 29.2 Å². The Morgan fingerprint density at radius 2 is 1.82 bits per heavy atom. The maximum Gasteiger partial charge on any atom is 0.340 e. The molecule has 168 valence electrons. The number of fused-ring (bicyclic) bond motifs is 6. The first-order valence-electron chi connectivity index (χ1n) is 10.2. The van der Waals surface area contributed by atoms with Crippen LogP contribution >= 0.6 is 0 Å². The van der Waals surface area contributed by atoms with Crippen molar-refractivity contribution in [1.82, 2.24) is 15.4 Å². The number of hydrogen-bond acceptors (Lipinski definition) is 10. The monoisotopic (exact) mass is 456 g/mol. The number of phenolic OH excluding ortho intramolecular Hbond substituents is 2. The van der Waals surface area contributed by atoms with Crippen LogP contribution in [0.25, 0.3) is 0 Å². The Labute approximate surface area is 192 Å². The van der Waals surface area contributed by atoms with Crippen molar-refractivity contribution in [3.05, 3.63) is 83.0 Å². The molecule has 2 aliphatic rings. The van der Waals surface area contributed by atoms with E-state index in [-0.39, 0.29) is 28.8 Å². The third-order valence-electron chi connectivity index (χ3n) is 5.85. The molecule has 0 fully saturated rings. The topological polar surface area (TPSA) is 136 Å². The number of methoxy groups -OCH3 is 1. The van der Waals surface area contributed by atoms with E-state index in [1.54, 1.807) is 24.3 Å². The average Bonchev–Trinajstić information content (AvgIpc) is 3.11. The lowest BCUT2D eigenvalue weighted by molar-refractivity contribution is 0.0226. The third kappa shape index (κ3) is 2.68. The van der Waals surface area contributed by atoms with Gasteiger partial charge in [0.05, 0.1) is 30.1 Å². The Hall–Kier alpha value is -4.86. The summed E-state index contributed by atoms with van der Waals surface area (Å²) in [5.41, 5.74) is 0.860. The summed E-state index contributed by atoms with van der Waals surface area (Å²) < 4.78 is 17.5. The lowest BCUT2D eigenvalue weighted by Gasteiger charge is -2.37. The molecule has 4 aromatic rings. The van der Waals surface area contributed by atoms with E-state index in [0.29, 0.717) is 33.7 Å². The second-order valence-corrected chi connectivity index (χ2v) is 7.74. The zero-order valence-electron chi connectivity index (χ0n) is 17.6. The molecular formula is C24H16N4O6. The van der Waals surface area contributed by atoms with Gasteiger partial charge in [0.25, 0.3) is 0 Å².